The molecule has 2 rings (SSSR count). The van der Waals surface area contributed by atoms with Gasteiger partial charge in [0.25, 0.3) is 0 Å². The van der Waals surface area contributed by atoms with Crippen molar-refractivity contribution in [1.82, 2.24) is 9.97 Å². The number of nitrogens with one attached hydrogen (secondary N) is 1. The van der Waals surface area contributed by atoms with Crippen molar-refractivity contribution in [3.8, 4) is 17.2 Å². The fraction of sp³-hybridized carbons (Fsp3) is 0.357. The summed E-state index contributed by atoms with van der Waals surface area (Å²) in [5.41, 5.74) is 7.09. The molecule has 0 spiro atoms. The lowest BCUT2D eigenvalue weighted by molar-refractivity contribution is 0.346. The SMILES string of the molecule is COc1cc(OC)c(C(N)Cc2ncc[nH]2)cc1OC. The molecule has 0 aliphatic carbocycles. The van der Waals surface area contributed by atoms with Crippen LogP contribution in [0.4, 0.5) is 0 Å². The Kier molecular flexibility index (Phi) is 4.47. The van der Waals surface area contributed by atoms with Gasteiger partial charge < -0.3 is 24.9 Å². The monoisotopic (exact) mass is 277 g/mol. The van der Waals surface area contributed by atoms with Gasteiger partial charge in [0.1, 0.15) is 11.6 Å². The van der Waals surface area contributed by atoms with Crippen LogP contribution in [0.2, 0.25) is 0 Å². The van der Waals surface area contributed by atoms with Gasteiger partial charge in [-0.2, -0.15) is 0 Å². The number of benzene rings is 1. The molecule has 1 unspecified atom stereocenters. The maximum atomic E-state index is 6.24. The number of hydrogen-bond acceptors (Lipinski definition) is 5. The molecule has 0 amide bonds. The maximum Gasteiger partial charge on any atom is 0.164 e. The molecular formula is C14H19N3O3. The van der Waals surface area contributed by atoms with Crippen LogP contribution >= 0.6 is 0 Å². The molecule has 0 saturated carbocycles. The van der Waals surface area contributed by atoms with Crippen LogP contribution in [0.15, 0.2) is 24.5 Å². The average Bonchev–Trinajstić information content (AvgIpc) is 2.98. The van der Waals surface area contributed by atoms with E-state index in [2.05, 4.69) is 9.97 Å². The van der Waals surface area contributed by atoms with E-state index >= 15 is 0 Å². The van der Waals surface area contributed by atoms with Gasteiger partial charge in [0, 0.05) is 36.5 Å². The van der Waals surface area contributed by atoms with Crippen LogP contribution in [-0.4, -0.2) is 31.3 Å². The van der Waals surface area contributed by atoms with E-state index in [1.807, 2.05) is 6.07 Å². The van der Waals surface area contributed by atoms with Crippen molar-refractivity contribution in [3.05, 3.63) is 35.9 Å². The van der Waals surface area contributed by atoms with Crippen LogP contribution in [0.5, 0.6) is 17.2 Å². The minimum absolute atomic E-state index is 0.254. The van der Waals surface area contributed by atoms with Crippen LogP contribution in [0.3, 0.4) is 0 Å². The highest BCUT2D eigenvalue weighted by Gasteiger charge is 2.18. The molecule has 108 valence electrons. The predicted molar refractivity (Wildman–Crippen MR) is 75.3 cm³/mol. The number of hydrogen-bond donors (Lipinski definition) is 2. The number of aromatic amines is 1. The summed E-state index contributed by atoms with van der Waals surface area (Å²) in [6.07, 6.45) is 4.06. The lowest BCUT2D eigenvalue weighted by atomic mass is 10.0. The molecule has 1 heterocycles. The number of nitrogens with two attached hydrogens (primary N) is 1. The van der Waals surface area contributed by atoms with Gasteiger partial charge in [-0.3, -0.25) is 0 Å². The molecule has 0 fully saturated rings. The Bertz CT molecular complexity index is 555. The third kappa shape index (κ3) is 2.85. The normalized spacial score (nSPS) is 12.0. The molecule has 3 N–H and O–H groups in total. The first-order chi connectivity index (χ1) is 9.69. The summed E-state index contributed by atoms with van der Waals surface area (Å²) in [4.78, 5) is 7.22. The van der Waals surface area contributed by atoms with Gasteiger partial charge in [0.15, 0.2) is 11.5 Å². The summed E-state index contributed by atoms with van der Waals surface area (Å²) in [5, 5.41) is 0. The number of rotatable bonds is 6. The molecule has 0 saturated heterocycles. The van der Waals surface area contributed by atoms with Crippen molar-refractivity contribution < 1.29 is 14.2 Å². The van der Waals surface area contributed by atoms with Crippen molar-refractivity contribution in [2.45, 2.75) is 12.5 Å². The van der Waals surface area contributed by atoms with Crippen molar-refractivity contribution in [2.75, 3.05) is 21.3 Å². The van der Waals surface area contributed by atoms with E-state index in [1.165, 1.54) is 0 Å². The van der Waals surface area contributed by atoms with Gasteiger partial charge in [0.05, 0.1) is 21.3 Å². The van der Waals surface area contributed by atoms with Gasteiger partial charge in [-0.1, -0.05) is 0 Å². The van der Waals surface area contributed by atoms with Gasteiger partial charge in [-0.25, -0.2) is 4.98 Å². The zero-order valence-corrected chi connectivity index (χ0v) is 11.8. The Morgan fingerprint density at radius 2 is 1.75 bits per heavy atom. The fourth-order valence-electron chi connectivity index (χ4n) is 2.07. The second-order valence-electron chi connectivity index (χ2n) is 4.30. The lowest BCUT2D eigenvalue weighted by Gasteiger charge is -2.18. The number of H-pyrrole nitrogens is 1. The molecule has 0 bridgehead atoms. The first kappa shape index (κ1) is 14.2. The Morgan fingerprint density at radius 3 is 2.30 bits per heavy atom. The molecule has 0 radical (unpaired) electrons. The van der Waals surface area contributed by atoms with Crippen LogP contribution in [0.1, 0.15) is 17.4 Å². The van der Waals surface area contributed by atoms with Crippen LogP contribution in [0, 0.1) is 0 Å². The third-order valence-electron chi connectivity index (χ3n) is 3.10. The number of methoxy groups -OCH3 is 3. The van der Waals surface area contributed by atoms with Crippen molar-refractivity contribution in [3.63, 3.8) is 0 Å². The summed E-state index contributed by atoms with van der Waals surface area (Å²) in [5.74, 6) is 2.73. The molecule has 1 aromatic carbocycles. The Hall–Kier alpha value is -2.21. The lowest BCUT2D eigenvalue weighted by Crippen LogP contribution is -2.15. The van der Waals surface area contributed by atoms with E-state index in [9.17, 15) is 0 Å². The highest BCUT2D eigenvalue weighted by atomic mass is 16.5. The Labute approximate surface area is 117 Å². The van der Waals surface area contributed by atoms with Crippen LogP contribution in [0.25, 0.3) is 0 Å². The zero-order valence-electron chi connectivity index (χ0n) is 11.8. The molecule has 1 atom stereocenters. The van der Waals surface area contributed by atoms with Crippen molar-refractivity contribution in [2.24, 2.45) is 5.73 Å². The maximum absolute atomic E-state index is 6.24. The zero-order chi connectivity index (χ0) is 14.5. The molecule has 1 aromatic heterocycles. The molecule has 2 aromatic rings. The first-order valence-corrected chi connectivity index (χ1v) is 6.23. The van der Waals surface area contributed by atoms with Gasteiger partial charge in [0.2, 0.25) is 0 Å². The number of nitrogens with zero attached hydrogens (tertiary/aromatic N) is 1. The van der Waals surface area contributed by atoms with E-state index in [-0.39, 0.29) is 6.04 Å². The second kappa shape index (κ2) is 6.29. The van der Waals surface area contributed by atoms with E-state index in [0.717, 1.165) is 11.4 Å². The van der Waals surface area contributed by atoms with Crippen molar-refractivity contribution >= 4 is 0 Å². The molecule has 0 aliphatic rings. The summed E-state index contributed by atoms with van der Waals surface area (Å²) in [7, 11) is 4.77. The quantitative estimate of drug-likeness (QED) is 0.839. The summed E-state index contributed by atoms with van der Waals surface area (Å²) >= 11 is 0. The smallest absolute Gasteiger partial charge is 0.164 e. The summed E-state index contributed by atoms with van der Waals surface area (Å²) in [6, 6.07) is 3.36. The van der Waals surface area contributed by atoms with Crippen molar-refractivity contribution in [1.29, 1.82) is 0 Å². The topological polar surface area (TPSA) is 82.4 Å². The number of imidazole rings is 1. The van der Waals surface area contributed by atoms with Gasteiger partial charge in [-0.05, 0) is 6.07 Å². The second-order valence-corrected chi connectivity index (χ2v) is 4.30. The molecule has 6 nitrogen and oxygen atoms in total. The molecule has 20 heavy (non-hydrogen) atoms. The van der Waals surface area contributed by atoms with Crippen LogP contribution in [-0.2, 0) is 6.42 Å². The minimum Gasteiger partial charge on any atom is -0.496 e. The van der Waals surface area contributed by atoms with E-state index < -0.39 is 0 Å². The minimum atomic E-state index is -0.254. The van der Waals surface area contributed by atoms with Gasteiger partial charge >= 0.3 is 0 Å². The fourth-order valence-corrected chi connectivity index (χ4v) is 2.07. The highest BCUT2D eigenvalue weighted by molar-refractivity contribution is 5.51. The number of ether oxygens (including phenoxy) is 3. The predicted octanol–water partition coefficient (Wildman–Crippen LogP) is 1.68. The van der Waals surface area contributed by atoms with E-state index in [1.54, 1.807) is 39.8 Å². The van der Waals surface area contributed by atoms with E-state index in [0.29, 0.717) is 23.7 Å². The Morgan fingerprint density at radius 1 is 1.10 bits per heavy atom. The Balaban J connectivity index is 2.33. The molecule has 0 aliphatic heterocycles. The van der Waals surface area contributed by atoms with E-state index in [4.69, 9.17) is 19.9 Å². The standard InChI is InChI=1S/C14H19N3O3/c1-18-11-8-13(20-3)12(19-2)6-9(11)10(15)7-14-16-4-5-17-14/h4-6,8,10H,7,15H2,1-3H3,(H,16,17). The van der Waals surface area contributed by atoms with Gasteiger partial charge in [-0.15, -0.1) is 0 Å². The number of aromatic nitrogens is 2. The largest absolute Gasteiger partial charge is 0.496 e. The summed E-state index contributed by atoms with van der Waals surface area (Å²) < 4.78 is 15.9. The third-order valence-corrected chi connectivity index (χ3v) is 3.10. The highest BCUT2D eigenvalue weighted by Crippen LogP contribution is 2.37. The summed E-state index contributed by atoms with van der Waals surface area (Å²) in [6.45, 7) is 0. The molecular weight excluding hydrogens is 258 g/mol. The van der Waals surface area contributed by atoms with Crippen LogP contribution < -0.4 is 19.9 Å². The molecule has 6 heteroatoms. The average molecular weight is 277 g/mol. The first-order valence-electron chi connectivity index (χ1n) is 6.23.